The largest absolute Gasteiger partial charge is 0.483 e. The Hall–Kier alpha value is -2.48. The van der Waals surface area contributed by atoms with Crippen LogP contribution in [0.3, 0.4) is 0 Å². The van der Waals surface area contributed by atoms with E-state index in [-0.39, 0.29) is 24.2 Å². The number of hydrogen-bond acceptors (Lipinski definition) is 4. The zero-order valence-corrected chi connectivity index (χ0v) is 15.2. The smallest absolute Gasteiger partial charge is 0.269 e. The van der Waals surface area contributed by atoms with Crippen LogP contribution in [-0.2, 0) is 4.79 Å². The molecule has 0 bridgehead atoms. The van der Waals surface area contributed by atoms with Crippen molar-refractivity contribution in [3.8, 4) is 5.75 Å². The summed E-state index contributed by atoms with van der Waals surface area (Å²) < 4.78 is 18.9. The van der Waals surface area contributed by atoms with Crippen LogP contribution in [0.1, 0.15) is 18.5 Å². The predicted molar refractivity (Wildman–Crippen MR) is 93.9 cm³/mol. The van der Waals surface area contributed by atoms with Gasteiger partial charge >= 0.3 is 0 Å². The molecule has 8 heteroatoms. The second kappa shape index (κ2) is 8.06. The number of non-ortho nitro benzene ring substituents is 1. The predicted octanol–water partition coefficient (Wildman–Crippen LogP) is 4.09. The summed E-state index contributed by atoms with van der Waals surface area (Å²) in [5.41, 5.74) is 0.615. The molecule has 2 aromatic carbocycles. The van der Waals surface area contributed by atoms with E-state index in [1.54, 1.807) is 26.1 Å². The Morgan fingerprint density at radius 3 is 2.72 bits per heavy atom. The normalized spacial score (nSPS) is 11.7. The molecule has 0 heterocycles. The molecule has 0 aromatic heterocycles. The van der Waals surface area contributed by atoms with Crippen LogP contribution >= 0.6 is 15.9 Å². The zero-order chi connectivity index (χ0) is 18.6. The number of amides is 1. The lowest BCUT2D eigenvalue weighted by atomic mass is 10.1. The van der Waals surface area contributed by atoms with Crippen LogP contribution in [0.5, 0.6) is 5.75 Å². The minimum Gasteiger partial charge on any atom is -0.483 e. The van der Waals surface area contributed by atoms with Crippen molar-refractivity contribution in [1.29, 1.82) is 0 Å². The first-order valence-corrected chi connectivity index (χ1v) is 8.16. The van der Waals surface area contributed by atoms with Crippen molar-refractivity contribution in [3.63, 3.8) is 0 Å². The van der Waals surface area contributed by atoms with Gasteiger partial charge < -0.3 is 9.64 Å². The summed E-state index contributed by atoms with van der Waals surface area (Å²) >= 11 is 3.17. The van der Waals surface area contributed by atoms with Gasteiger partial charge in [0, 0.05) is 19.2 Å². The maximum Gasteiger partial charge on any atom is 0.269 e. The Labute approximate surface area is 152 Å². The van der Waals surface area contributed by atoms with Gasteiger partial charge in [0.25, 0.3) is 11.6 Å². The first-order chi connectivity index (χ1) is 11.8. The Morgan fingerprint density at radius 1 is 1.36 bits per heavy atom. The summed E-state index contributed by atoms with van der Waals surface area (Å²) in [6.45, 7) is 1.53. The Bertz CT molecular complexity index is 800. The molecule has 0 saturated carbocycles. The van der Waals surface area contributed by atoms with Gasteiger partial charge in [-0.25, -0.2) is 4.39 Å². The fourth-order valence-electron chi connectivity index (χ4n) is 2.17. The molecule has 25 heavy (non-hydrogen) atoms. The molecule has 132 valence electrons. The fourth-order valence-corrected chi connectivity index (χ4v) is 2.64. The highest BCUT2D eigenvalue weighted by molar-refractivity contribution is 9.10. The number of rotatable bonds is 6. The van der Waals surface area contributed by atoms with Crippen molar-refractivity contribution in [2.24, 2.45) is 0 Å². The average Bonchev–Trinajstić information content (AvgIpc) is 2.59. The van der Waals surface area contributed by atoms with Gasteiger partial charge in [0.1, 0.15) is 11.6 Å². The van der Waals surface area contributed by atoms with Crippen molar-refractivity contribution >= 4 is 27.5 Å². The Kier molecular flexibility index (Phi) is 6.08. The minimum absolute atomic E-state index is 0.0308. The van der Waals surface area contributed by atoms with Crippen LogP contribution in [0.4, 0.5) is 10.1 Å². The van der Waals surface area contributed by atoms with Crippen molar-refractivity contribution in [2.75, 3.05) is 13.7 Å². The number of likely N-dealkylation sites (N-methyl/N-ethyl adjacent to an activating group) is 1. The van der Waals surface area contributed by atoms with Gasteiger partial charge in [0.05, 0.1) is 15.4 Å². The average molecular weight is 411 g/mol. The number of nitro benzene ring substituents is 1. The maximum atomic E-state index is 13.0. The maximum absolute atomic E-state index is 13.0. The SMILES string of the molecule is C[C@H](c1cccc([N+](=O)[O-])c1)N(C)C(=O)COc1ccc(F)cc1Br. The number of ether oxygens (including phenoxy) is 1. The first kappa shape index (κ1) is 18.9. The topological polar surface area (TPSA) is 72.7 Å². The van der Waals surface area contributed by atoms with Crippen molar-refractivity contribution < 1.29 is 18.8 Å². The lowest BCUT2D eigenvalue weighted by molar-refractivity contribution is -0.384. The molecule has 2 aromatic rings. The van der Waals surface area contributed by atoms with E-state index in [1.807, 2.05) is 0 Å². The molecule has 0 radical (unpaired) electrons. The second-order valence-corrected chi connectivity index (χ2v) is 6.25. The molecular weight excluding hydrogens is 395 g/mol. The molecular formula is C17H16BrFN2O4. The number of hydrogen-bond donors (Lipinski definition) is 0. The highest BCUT2D eigenvalue weighted by atomic mass is 79.9. The summed E-state index contributed by atoms with van der Waals surface area (Å²) in [5, 5.41) is 10.9. The van der Waals surface area contributed by atoms with Crippen LogP contribution in [0, 0.1) is 15.9 Å². The molecule has 6 nitrogen and oxygen atoms in total. The third-order valence-corrected chi connectivity index (χ3v) is 4.40. The molecule has 0 saturated heterocycles. The number of carbonyl (C=O) groups is 1. The van der Waals surface area contributed by atoms with Crippen LogP contribution in [0.15, 0.2) is 46.9 Å². The van der Waals surface area contributed by atoms with E-state index < -0.39 is 10.7 Å². The van der Waals surface area contributed by atoms with Gasteiger partial charge in [0.15, 0.2) is 6.61 Å². The summed E-state index contributed by atoms with van der Waals surface area (Å²) in [6, 6.07) is 9.67. The van der Waals surface area contributed by atoms with Gasteiger partial charge in [-0.2, -0.15) is 0 Å². The quantitative estimate of drug-likeness (QED) is 0.530. The van der Waals surface area contributed by atoms with E-state index in [2.05, 4.69) is 15.9 Å². The Morgan fingerprint density at radius 2 is 2.08 bits per heavy atom. The standard InChI is InChI=1S/C17H16BrFN2O4/c1-11(12-4-3-5-14(8-12)21(23)24)20(2)17(22)10-25-16-7-6-13(19)9-15(16)18/h3-9,11H,10H2,1-2H3/t11-/m1/s1. The van der Waals surface area contributed by atoms with Crippen molar-refractivity contribution in [2.45, 2.75) is 13.0 Å². The van der Waals surface area contributed by atoms with E-state index in [0.717, 1.165) is 0 Å². The van der Waals surface area contributed by atoms with E-state index in [9.17, 15) is 19.3 Å². The zero-order valence-electron chi connectivity index (χ0n) is 13.6. The molecule has 0 aliphatic carbocycles. The summed E-state index contributed by atoms with van der Waals surface area (Å²) in [4.78, 5) is 24.1. The number of nitrogens with zero attached hydrogens (tertiary/aromatic N) is 2. The summed E-state index contributed by atoms with van der Waals surface area (Å²) in [5.74, 6) is -0.372. The third-order valence-electron chi connectivity index (χ3n) is 3.78. The number of halogens is 2. The summed E-state index contributed by atoms with van der Waals surface area (Å²) in [7, 11) is 1.59. The summed E-state index contributed by atoms with van der Waals surface area (Å²) in [6.07, 6.45) is 0. The molecule has 0 spiro atoms. The molecule has 2 rings (SSSR count). The third kappa shape index (κ3) is 4.76. The van der Waals surface area contributed by atoms with E-state index >= 15 is 0 Å². The molecule has 1 atom stereocenters. The van der Waals surface area contributed by atoms with Crippen molar-refractivity contribution in [1.82, 2.24) is 4.90 Å². The molecule has 0 aliphatic rings. The monoisotopic (exact) mass is 410 g/mol. The number of benzene rings is 2. The van der Waals surface area contributed by atoms with E-state index in [4.69, 9.17) is 4.74 Å². The van der Waals surface area contributed by atoms with E-state index in [0.29, 0.717) is 15.8 Å². The lowest BCUT2D eigenvalue weighted by Crippen LogP contribution is -2.33. The first-order valence-electron chi connectivity index (χ1n) is 7.37. The molecule has 0 N–H and O–H groups in total. The van der Waals surface area contributed by atoms with Gasteiger partial charge in [-0.15, -0.1) is 0 Å². The minimum atomic E-state index is -0.479. The van der Waals surface area contributed by atoms with Crippen LogP contribution in [-0.4, -0.2) is 29.4 Å². The van der Waals surface area contributed by atoms with Gasteiger partial charge in [-0.1, -0.05) is 12.1 Å². The van der Waals surface area contributed by atoms with E-state index in [1.165, 1.54) is 35.2 Å². The number of carbonyl (C=O) groups excluding carboxylic acids is 1. The molecule has 0 aliphatic heterocycles. The number of nitro groups is 1. The second-order valence-electron chi connectivity index (χ2n) is 5.40. The fraction of sp³-hybridized carbons (Fsp3) is 0.235. The molecule has 0 fully saturated rings. The van der Waals surface area contributed by atoms with Crippen LogP contribution in [0.2, 0.25) is 0 Å². The highest BCUT2D eigenvalue weighted by Gasteiger charge is 2.20. The molecule has 1 amide bonds. The van der Waals surface area contributed by atoms with Crippen molar-refractivity contribution in [3.05, 3.63) is 68.4 Å². The lowest BCUT2D eigenvalue weighted by Gasteiger charge is -2.25. The van der Waals surface area contributed by atoms with Crippen LogP contribution in [0.25, 0.3) is 0 Å². The van der Waals surface area contributed by atoms with Gasteiger partial charge in [-0.3, -0.25) is 14.9 Å². The van der Waals surface area contributed by atoms with Gasteiger partial charge in [0.2, 0.25) is 0 Å². The molecule has 0 unspecified atom stereocenters. The Balaban J connectivity index is 2.03. The van der Waals surface area contributed by atoms with Gasteiger partial charge in [-0.05, 0) is 46.6 Å². The van der Waals surface area contributed by atoms with Crippen LogP contribution < -0.4 is 4.74 Å². The highest BCUT2D eigenvalue weighted by Crippen LogP contribution is 2.26.